The third kappa shape index (κ3) is 3.25. The van der Waals surface area contributed by atoms with Gasteiger partial charge in [0.15, 0.2) is 0 Å². The highest BCUT2D eigenvalue weighted by Gasteiger charge is 2.21. The summed E-state index contributed by atoms with van der Waals surface area (Å²) in [6.45, 7) is 0. The Hall–Kier alpha value is -0.480. The van der Waals surface area contributed by atoms with Crippen molar-refractivity contribution >= 4 is 23.2 Å². The number of hydrogen-bond donors (Lipinski definition) is 2. The molecule has 0 radical (unpaired) electrons. The number of methoxy groups -OCH3 is 1. The zero-order chi connectivity index (χ0) is 12.1. The summed E-state index contributed by atoms with van der Waals surface area (Å²) in [5.74, 6) is 0.738. The van der Waals surface area contributed by atoms with Gasteiger partial charge in [0, 0.05) is 16.5 Å². The minimum atomic E-state index is -1.02. The van der Waals surface area contributed by atoms with Crippen LogP contribution in [0.25, 0.3) is 0 Å². The Bertz CT molecular complexity index is 344. The Balaban J connectivity index is 2.93. The Morgan fingerprint density at radius 3 is 2.62 bits per heavy atom. The first kappa shape index (κ1) is 13.6. The molecule has 16 heavy (non-hydrogen) atoms. The van der Waals surface area contributed by atoms with Crippen LogP contribution in [0.2, 0.25) is 5.02 Å². The molecular formula is C11H14Cl2O3. The molecule has 0 bridgehead atoms. The maximum atomic E-state index is 9.89. The van der Waals surface area contributed by atoms with Crippen LogP contribution in [0.1, 0.15) is 18.1 Å². The van der Waals surface area contributed by atoms with E-state index in [4.69, 9.17) is 27.9 Å². The summed E-state index contributed by atoms with van der Waals surface area (Å²) in [5.41, 5.74) is 0.504. The van der Waals surface area contributed by atoms with Crippen LogP contribution in [0.4, 0.5) is 0 Å². The van der Waals surface area contributed by atoms with Gasteiger partial charge in [-0.1, -0.05) is 17.7 Å². The first-order valence-electron chi connectivity index (χ1n) is 4.85. The van der Waals surface area contributed by atoms with E-state index < -0.39 is 12.2 Å². The third-order valence-electron chi connectivity index (χ3n) is 2.28. The molecule has 0 aliphatic carbocycles. The fourth-order valence-electron chi connectivity index (χ4n) is 1.41. The van der Waals surface area contributed by atoms with Crippen molar-refractivity contribution in [3.63, 3.8) is 0 Å². The summed E-state index contributed by atoms with van der Waals surface area (Å²) in [5, 5.41) is 20.0. The van der Waals surface area contributed by atoms with E-state index in [1.807, 2.05) is 0 Å². The standard InChI is InChI=1S/C11H14Cl2O3/c1-16-10-6-7(13)2-3-8(10)11(15)9(14)4-5-12/h2-3,6,9,11,14-15H,4-5H2,1H3. The molecule has 1 aromatic rings. The number of ether oxygens (including phenoxy) is 1. The van der Waals surface area contributed by atoms with Gasteiger partial charge in [0.25, 0.3) is 0 Å². The molecule has 1 aromatic carbocycles. The molecular weight excluding hydrogens is 251 g/mol. The lowest BCUT2D eigenvalue weighted by Gasteiger charge is -2.19. The van der Waals surface area contributed by atoms with E-state index in [1.54, 1.807) is 18.2 Å². The van der Waals surface area contributed by atoms with E-state index >= 15 is 0 Å². The van der Waals surface area contributed by atoms with Crippen LogP contribution in [0.5, 0.6) is 5.75 Å². The van der Waals surface area contributed by atoms with Gasteiger partial charge in [0.05, 0.1) is 13.2 Å². The van der Waals surface area contributed by atoms with Crippen LogP contribution in [0.15, 0.2) is 18.2 Å². The second kappa shape index (κ2) is 6.30. The van der Waals surface area contributed by atoms with E-state index in [2.05, 4.69) is 0 Å². The molecule has 0 saturated heterocycles. The number of aliphatic hydroxyl groups excluding tert-OH is 2. The van der Waals surface area contributed by atoms with Crippen LogP contribution in [0, 0.1) is 0 Å². The van der Waals surface area contributed by atoms with Gasteiger partial charge in [-0.25, -0.2) is 0 Å². The van der Waals surface area contributed by atoms with E-state index in [9.17, 15) is 10.2 Å². The average molecular weight is 265 g/mol. The predicted octanol–water partition coefficient (Wildman–Crippen LogP) is 2.37. The Morgan fingerprint density at radius 1 is 1.38 bits per heavy atom. The molecule has 0 spiro atoms. The Labute approximate surface area is 105 Å². The number of rotatable bonds is 5. The van der Waals surface area contributed by atoms with Gasteiger partial charge in [-0.15, -0.1) is 11.6 Å². The van der Waals surface area contributed by atoms with Gasteiger partial charge in [-0.05, 0) is 18.6 Å². The summed E-state index contributed by atoms with van der Waals surface area (Å²) in [6, 6.07) is 4.85. The summed E-state index contributed by atoms with van der Waals surface area (Å²) in [7, 11) is 1.48. The molecule has 1 rings (SSSR count). The number of halogens is 2. The summed E-state index contributed by atoms with van der Waals surface area (Å²) in [6.07, 6.45) is -1.62. The quantitative estimate of drug-likeness (QED) is 0.803. The highest BCUT2D eigenvalue weighted by atomic mass is 35.5. The number of benzene rings is 1. The maximum absolute atomic E-state index is 9.89. The van der Waals surface area contributed by atoms with Crippen LogP contribution in [0.3, 0.4) is 0 Å². The van der Waals surface area contributed by atoms with Crippen LogP contribution < -0.4 is 4.74 Å². The molecule has 0 heterocycles. The van der Waals surface area contributed by atoms with Crippen LogP contribution in [-0.2, 0) is 0 Å². The fourth-order valence-corrected chi connectivity index (χ4v) is 1.79. The number of hydrogen-bond acceptors (Lipinski definition) is 3. The first-order valence-corrected chi connectivity index (χ1v) is 5.77. The van der Waals surface area contributed by atoms with Gasteiger partial charge < -0.3 is 14.9 Å². The lowest BCUT2D eigenvalue weighted by molar-refractivity contribution is 0.0156. The van der Waals surface area contributed by atoms with Gasteiger partial charge >= 0.3 is 0 Å². The average Bonchev–Trinajstić information content (AvgIpc) is 2.28. The second-order valence-electron chi connectivity index (χ2n) is 3.38. The van der Waals surface area contributed by atoms with Crippen molar-refractivity contribution in [2.75, 3.05) is 13.0 Å². The summed E-state index contributed by atoms with van der Waals surface area (Å²) in [4.78, 5) is 0. The van der Waals surface area contributed by atoms with Crippen molar-refractivity contribution in [2.45, 2.75) is 18.6 Å². The molecule has 2 N–H and O–H groups in total. The summed E-state index contributed by atoms with van der Waals surface area (Å²) < 4.78 is 5.09. The number of alkyl halides is 1. The zero-order valence-corrected chi connectivity index (χ0v) is 10.4. The van der Waals surface area contributed by atoms with E-state index in [0.29, 0.717) is 22.8 Å². The predicted molar refractivity (Wildman–Crippen MR) is 64.3 cm³/mol. The molecule has 0 fully saturated rings. The molecule has 5 heteroatoms. The lowest BCUT2D eigenvalue weighted by atomic mass is 10.0. The topological polar surface area (TPSA) is 49.7 Å². The van der Waals surface area contributed by atoms with Crippen LogP contribution >= 0.6 is 23.2 Å². The molecule has 0 aliphatic heterocycles. The molecule has 3 nitrogen and oxygen atoms in total. The molecule has 0 saturated carbocycles. The molecule has 90 valence electrons. The highest BCUT2D eigenvalue weighted by molar-refractivity contribution is 6.30. The van der Waals surface area contributed by atoms with Gasteiger partial charge in [0.1, 0.15) is 11.9 Å². The third-order valence-corrected chi connectivity index (χ3v) is 2.74. The zero-order valence-electron chi connectivity index (χ0n) is 8.86. The molecule has 0 aromatic heterocycles. The largest absolute Gasteiger partial charge is 0.496 e. The lowest BCUT2D eigenvalue weighted by Crippen LogP contribution is -2.19. The smallest absolute Gasteiger partial charge is 0.126 e. The van der Waals surface area contributed by atoms with Crippen LogP contribution in [-0.4, -0.2) is 29.3 Å². The van der Waals surface area contributed by atoms with Gasteiger partial charge in [-0.3, -0.25) is 0 Å². The molecule has 0 aliphatic rings. The first-order chi connectivity index (χ1) is 7.60. The van der Waals surface area contributed by atoms with Crippen molar-refractivity contribution in [2.24, 2.45) is 0 Å². The van der Waals surface area contributed by atoms with E-state index in [1.165, 1.54) is 7.11 Å². The minimum absolute atomic E-state index is 0.286. The SMILES string of the molecule is COc1cc(Cl)ccc1C(O)C(O)CCCl. The van der Waals surface area contributed by atoms with E-state index in [-0.39, 0.29) is 5.88 Å². The van der Waals surface area contributed by atoms with Crippen molar-refractivity contribution in [1.82, 2.24) is 0 Å². The van der Waals surface area contributed by atoms with Crippen molar-refractivity contribution in [3.05, 3.63) is 28.8 Å². The number of aliphatic hydroxyl groups is 2. The molecule has 2 atom stereocenters. The monoisotopic (exact) mass is 264 g/mol. The fraction of sp³-hybridized carbons (Fsp3) is 0.455. The maximum Gasteiger partial charge on any atom is 0.126 e. The van der Waals surface area contributed by atoms with Crippen molar-refractivity contribution in [1.29, 1.82) is 0 Å². The van der Waals surface area contributed by atoms with Gasteiger partial charge in [0.2, 0.25) is 0 Å². The van der Waals surface area contributed by atoms with E-state index in [0.717, 1.165) is 0 Å². The van der Waals surface area contributed by atoms with Gasteiger partial charge in [-0.2, -0.15) is 0 Å². The second-order valence-corrected chi connectivity index (χ2v) is 4.19. The minimum Gasteiger partial charge on any atom is -0.496 e. The van der Waals surface area contributed by atoms with Crippen molar-refractivity contribution < 1.29 is 14.9 Å². The molecule has 2 unspecified atom stereocenters. The molecule has 0 amide bonds. The Kier molecular flexibility index (Phi) is 5.35. The highest BCUT2D eigenvalue weighted by Crippen LogP contribution is 2.30. The summed E-state index contributed by atoms with van der Waals surface area (Å²) >= 11 is 11.3. The Morgan fingerprint density at radius 2 is 2.06 bits per heavy atom. The normalized spacial score (nSPS) is 14.6. The van der Waals surface area contributed by atoms with Crippen molar-refractivity contribution in [3.8, 4) is 5.75 Å².